The van der Waals surface area contributed by atoms with Crippen LogP contribution in [0.4, 0.5) is 0 Å². The summed E-state index contributed by atoms with van der Waals surface area (Å²) in [6, 6.07) is 0. The zero-order valence-corrected chi connectivity index (χ0v) is 9.24. The lowest BCUT2D eigenvalue weighted by Crippen LogP contribution is -2.14. The number of halogens is 1. The Kier molecular flexibility index (Phi) is 5.12. The van der Waals surface area contributed by atoms with Crippen LogP contribution >= 0.6 is 12.4 Å². The largest absolute Gasteiger partial charge is 0.316 e. The minimum Gasteiger partial charge on any atom is -0.316 e. The normalized spacial score (nSPS) is 30.0. The van der Waals surface area contributed by atoms with Crippen LogP contribution in [0.1, 0.15) is 44.9 Å². The Hall–Kier alpha value is 0.250. The monoisotopic (exact) mass is 203 g/mol. The summed E-state index contributed by atoms with van der Waals surface area (Å²) in [4.78, 5) is 0. The van der Waals surface area contributed by atoms with E-state index < -0.39 is 0 Å². The Labute approximate surface area is 88.1 Å². The van der Waals surface area contributed by atoms with Crippen LogP contribution in [0, 0.1) is 11.8 Å². The summed E-state index contributed by atoms with van der Waals surface area (Å²) in [6.07, 6.45) is 10.5. The lowest BCUT2D eigenvalue weighted by Gasteiger charge is -2.23. The molecular formula is C11H22ClN. The van der Waals surface area contributed by atoms with Gasteiger partial charge in [-0.15, -0.1) is 12.4 Å². The van der Waals surface area contributed by atoms with Crippen molar-refractivity contribution in [1.29, 1.82) is 0 Å². The maximum Gasteiger partial charge on any atom is -0.00199 e. The molecule has 2 heteroatoms. The van der Waals surface area contributed by atoms with Crippen LogP contribution in [0.15, 0.2) is 0 Å². The van der Waals surface area contributed by atoms with Crippen LogP contribution < -0.4 is 5.32 Å². The lowest BCUT2D eigenvalue weighted by atomic mass is 9.82. The van der Waals surface area contributed by atoms with E-state index >= 15 is 0 Å². The van der Waals surface area contributed by atoms with E-state index in [1.54, 1.807) is 0 Å². The maximum absolute atomic E-state index is 3.46. The van der Waals surface area contributed by atoms with Gasteiger partial charge in [0.1, 0.15) is 0 Å². The van der Waals surface area contributed by atoms with Crippen LogP contribution in [0.25, 0.3) is 0 Å². The van der Waals surface area contributed by atoms with Gasteiger partial charge in [-0.2, -0.15) is 0 Å². The fourth-order valence-electron chi connectivity index (χ4n) is 2.81. The zero-order valence-electron chi connectivity index (χ0n) is 8.43. The summed E-state index contributed by atoms with van der Waals surface area (Å²) < 4.78 is 0. The molecule has 2 aliphatic rings. The molecule has 0 amide bonds. The number of hydrogen-bond acceptors (Lipinski definition) is 1. The minimum atomic E-state index is 0. The molecule has 1 atom stereocenters. The Balaban J connectivity index is 0.000000845. The van der Waals surface area contributed by atoms with E-state index in [4.69, 9.17) is 0 Å². The topological polar surface area (TPSA) is 12.0 Å². The van der Waals surface area contributed by atoms with E-state index in [1.807, 2.05) is 0 Å². The predicted molar refractivity (Wildman–Crippen MR) is 59.4 cm³/mol. The molecule has 1 saturated carbocycles. The third-order valence-corrected chi connectivity index (χ3v) is 3.55. The van der Waals surface area contributed by atoms with Gasteiger partial charge in [-0.05, 0) is 37.8 Å². The van der Waals surface area contributed by atoms with Crippen molar-refractivity contribution < 1.29 is 0 Å². The second kappa shape index (κ2) is 5.87. The third kappa shape index (κ3) is 3.47. The molecule has 0 radical (unpaired) electrons. The molecule has 1 nitrogen and oxygen atoms in total. The van der Waals surface area contributed by atoms with Crippen molar-refractivity contribution in [2.45, 2.75) is 44.9 Å². The van der Waals surface area contributed by atoms with Crippen LogP contribution in [0.2, 0.25) is 0 Å². The third-order valence-electron chi connectivity index (χ3n) is 3.55. The standard InChI is InChI=1S/C11H21N.ClH/c1-2-4-10(5-3-1)8-11-6-7-12-9-11;/h10-12H,1-9H2;1H. The van der Waals surface area contributed by atoms with Crippen molar-refractivity contribution >= 4 is 12.4 Å². The van der Waals surface area contributed by atoms with Gasteiger partial charge in [0.2, 0.25) is 0 Å². The second-order valence-electron chi connectivity index (χ2n) is 4.60. The zero-order chi connectivity index (χ0) is 8.23. The quantitative estimate of drug-likeness (QED) is 0.728. The molecule has 2 rings (SSSR count). The molecule has 0 bridgehead atoms. The molecule has 1 aliphatic heterocycles. The molecule has 0 aromatic heterocycles. The van der Waals surface area contributed by atoms with E-state index in [-0.39, 0.29) is 12.4 Å². The summed E-state index contributed by atoms with van der Waals surface area (Å²) in [5.41, 5.74) is 0. The van der Waals surface area contributed by atoms with E-state index in [2.05, 4.69) is 5.32 Å². The fraction of sp³-hybridized carbons (Fsp3) is 1.00. The van der Waals surface area contributed by atoms with Crippen LogP contribution in [0.5, 0.6) is 0 Å². The van der Waals surface area contributed by atoms with Gasteiger partial charge in [0.25, 0.3) is 0 Å². The molecule has 0 spiro atoms. The molecule has 1 unspecified atom stereocenters. The number of hydrogen-bond donors (Lipinski definition) is 1. The highest BCUT2D eigenvalue weighted by atomic mass is 35.5. The minimum absolute atomic E-state index is 0. The molecule has 0 aromatic carbocycles. The molecule has 1 saturated heterocycles. The first kappa shape index (κ1) is 11.3. The van der Waals surface area contributed by atoms with Crippen molar-refractivity contribution in [3.05, 3.63) is 0 Å². The average Bonchev–Trinajstić information content (AvgIpc) is 2.59. The highest BCUT2D eigenvalue weighted by molar-refractivity contribution is 5.85. The van der Waals surface area contributed by atoms with E-state index in [9.17, 15) is 0 Å². The summed E-state index contributed by atoms with van der Waals surface area (Å²) in [5.74, 6) is 2.11. The van der Waals surface area contributed by atoms with Gasteiger partial charge in [0, 0.05) is 0 Å². The fourth-order valence-corrected chi connectivity index (χ4v) is 2.81. The Morgan fingerprint density at radius 3 is 2.31 bits per heavy atom. The van der Waals surface area contributed by atoms with Gasteiger partial charge in [-0.25, -0.2) is 0 Å². The van der Waals surface area contributed by atoms with Crippen LogP contribution in [-0.2, 0) is 0 Å². The first-order chi connectivity index (χ1) is 5.95. The smallest absolute Gasteiger partial charge is 0.00199 e. The average molecular weight is 204 g/mol. The Morgan fingerprint density at radius 1 is 0.923 bits per heavy atom. The van der Waals surface area contributed by atoms with Crippen LogP contribution in [0.3, 0.4) is 0 Å². The summed E-state index contributed by atoms with van der Waals surface area (Å²) >= 11 is 0. The molecule has 2 fully saturated rings. The predicted octanol–water partition coefficient (Wildman–Crippen LogP) is 2.99. The van der Waals surface area contributed by atoms with E-state index in [0.29, 0.717) is 0 Å². The molecule has 1 aliphatic carbocycles. The van der Waals surface area contributed by atoms with Crippen molar-refractivity contribution in [1.82, 2.24) is 5.32 Å². The number of nitrogens with one attached hydrogen (secondary N) is 1. The first-order valence-electron chi connectivity index (χ1n) is 5.66. The van der Waals surface area contributed by atoms with Crippen molar-refractivity contribution in [3.8, 4) is 0 Å². The van der Waals surface area contributed by atoms with Gasteiger partial charge in [-0.3, -0.25) is 0 Å². The SMILES string of the molecule is C1CCC(CC2CCNC2)CC1.Cl. The summed E-state index contributed by atoms with van der Waals surface area (Å²) in [5, 5.41) is 3.46. The van der Waals surface area contributed by atoms with Crippen LogP contribution in [-0.4, -0.2) is 13.1 Å². The molecule has 1 N–H and O–H groups in total. The summed E-state index contributed by atoms with van der Waals surface area (Å²) in [7, 11) is 0. The summed E-state index contributed by atoms with van der Waals surface area (Å²) in [6.45, 7) is 2.58. The lowest BCUT2D eigenvalue weighted by molar-refractivity contribution is 0.296. The van der Waals surface area contributed by atoms with Crippen molar-refractivity contribution in [2.24, 2.45) is 11.8 Å². The van der Waals surface area contributed by atoms with Crippen molar-refractivity contribution in [2.75, 3.05) is 13.1 Å². The second-order valence-corrected chi connectivity index (χ2v) is 4.60. The van der Waals surface area contributed by atoms with Gasteiger partial charge >= 0.3 is 0 Å². The number of rotatable bonds is 2. The van der Waals surface area contributed by atoms with Gasteiger partial charge in [0.05, 0.1) is 0 Å². The molecular weight excluding hydrogens is 182 g/mol. The van der Waals surface area contributed by atoms with Gasteiger partial charge in [-0.1, -0.05) is 32.1 Å². The highest BCUT2D eigenvalue weighted by Crippen LogP contribution is 2.30. The Bertz CT molecular complexity index is 126. The molecule has 0 aromatic rings. The highest BCUT2D eigenvalue weighted by Gasteiger charge is 2.20. The first-order valence-corrected chi connectivity index (χ1v) is 5.66. The van der Waals surface area contributed by atoms with Gasteiger partial charge in [0.15, 0.2) is 0 Å². The molecule has 78 valence electrons. The van der Waals surface area contributed by atoms with Crippen molar-refractivity contribution in [3.63, 3.8) is 0 Å². The molecule has 13 heavy (non-hydrogen) atoms. The Morgan fingerprint density at radius 2 is 1.69 bits per heavy atom. The van der Waals surface area contributed by atoms with E-state index in [0.717, 1.165) is 11.8 Å². The van der Waals surface area contributed by atoms with Gasteiger partial charge < -0.3 is 5.32 Å². The maximum atomic E-state index is 3.46. The van der Waals surface area contributed by atoms with E-state index in [1.165, 1.54) is 58.0 Å². The molecule has 1 heterocycles.